The van der Waals surface area contributed by atoms with Crippen molar-refractivity contribution in [2.45, 2.75) is 37.8 Å². The average Bonchev–Trinajstić information content (AvgIpc) is 2.67. The van der Waals surface area contributed by atoms with E-state index in [0.717, 1.165) is 0 Å². The largest absolute Gasteiger partial charge is 0.481 e. The predicted molar refractivity (Wildman–Crippen MR) is 98.0 cm³/mol. The molecule has 0 aromatic heterocycles. The van der Waals surface area contributed by atoms with Crippen molar-refractivity contribution in [3.05, 3.63) is 35.4 Å². The van der Waals surface area contributed by atoms with E-state index in [-0.39, 0.29) is 24.0 Å². The molecule has 1 rings (SSSR count). The Balaban J connectivity index is 2.78. The van der Waals surface area contributed by atoms with Gasteiger partial charge in [0.05, 0.1) is 0 Å². The van der Waals surface area contributed by atoms with E-state index >= 15 is 0 Å². The van der Waals surface area contributed by atoms with Gasteiger partial charge in [-0.3, -0.25) is 19.2 Å². The van der Waals surface area contributed by atoms with Crippen LogP contribution >= 0.6 is 0 Å². The van der Waals surface area contributed by atoms with Crippen LogP contribution in [0, 0.1) is 0 Å². The molecule has 30 heavy (non-hydrogen) atoms. The molecule has 0 heterocycles. The van der Waals surface area contributed by atoms with Crippen LogP contribution in [0.2, 0.25) is 0 Å². The molecule has 12 heteroatoms. The highest BCUT2D eigenvalue weighted by atomic mass is 16.4. The molecule has 0 bridgehead atoms. The fourth-order valence-electron chi connectivity index (χ4n) is 2.31. The zero-order chi connectivity index (χ0) is 22.8. The standard InChI is InChI=1S/C18H20N2O10/c21-13(22)7-5-11(17(27)28)19-15(25)9-1-2-10(4-3-9)16(26)20-12(18(29)30)6-8-14(23)24/h1-4,11-12H,5-8H2,(H,19,25)(H,20,26)(H,21,22)(H,23,24)(H,27,28)(H,29,30)/t11-,12-/m0/s1. The normalized spacial score (nSPS) is 12.3. The van der Waals surface area contributed by atoms with Gasteiger partial charge in [0.2, 0.25) is 0 Å². The summed E-state index contributed by atoms with van der Waals surface area (Å²) in [6, 6.07) is 1.98. The van der Waals surface area contributed by atoms with E-state index in [2.05, 4.69) is 10.6 Å². The lowest BCUT2D eigenvalue weighted by molar-refractivity contribution is -0.142. The van der Waals surface area contributed by atoms with Gasteiger partial charge in [0, 0.05) is 24.0 Å². The maximum Gasteiger partial charge on any atom is 0.326 e. The van der Waals surface area contributed by atoms with Crippen LogP contribution in [0.3, 0.4) is 0 Å². The summed E-state index contributed by atoms with van der Waals surface area (Å²) < 4.78 is 0. The van der Waals surface area contributed by atoms with Crippen LogP contribution in [0.1, 0.15) is 46.4 Å². The molecule has 0 fully saturated rings. The molecule has 0 aliphatic rings. The fraction of sp³-hybridized carbons (Fsp3) is 0.333. The molecule has 0 unspecified atom stereocenters. The Morgan fingerprint density at radius 1 is 0.633 bits per heavy atom. The number of carbonyl (C=O) groups excluding carboxylic acids is 2. The minimum absolute atomic E-state index is 0.00575. The molecule has 0 radical (unpaired) electrons. The topological polar surface area (TPSA) is 207 Å². The third-order valence-electron chi connectivity index (χ3n) is 3.91. The third kappa shape index (κ3) is 7.96. The van der Waals surface area contributed by atoms with Crippen molar-refractivity contribution >= 4 is 35.7 Å². The molecule has 1 aromatic rings. The summed E-state index contributed by atoms with van der Waals surface area (Å²) in [7, 11) is 0. The van der Waals surface area contributed by atoms with E-state index in [0.29, 0.717) is 0 Å². The van der Waals surface area contributed by atoms with E-state index in [1.807, 2.05) is 0 Å². The Morgan fingerprint density at radius 2 is 0.933 bits per heavy atom. The van der Waals surface area contributed by atoms with Gasteiger partial charge >= 0.3 is 23.9 Å². The first kappa shape index (κ1) is 24.1. The molecule has 2 amide bonds. The minimum Gasteiger partial charge on any atom is -0.481 e. The smallest absolute Gasteiger partial charge is 0.326 e. The van der Waals surface area contributed by atoms with Gasteiger partial charge in [0.25, 0.3) is 11.8 Å². The number of carboxylic acids is 4. The molecule has 0 aliphatic carbocycles. The molecule has 0 aliphatic heterocycles. The first-order valence-corrected chi connectivity index (χ1v) is 8.62. The number of benzene rings is 1. The van der Waals surface area contributed by atoms with Crippen LogP contribution in [0.25, 0.3) is 0 Å². The predicted octanol–water partition coefficient (Wildman–Crippen LogP) is -0.218. The maximum atomic E-state index is 12.1. The molecule has 1 aromatic carbocycles. The highest BCUT2D eigenvalue weighted by Crippen LogP contribution is 2.08. The Labute approximate surface area is 169 Å². The second-order valence-electron chi connectivity index (χ2n) is 6.17. The lowest BCUT2D eigenvalue weighted by Crippen LogP contribution is -2.41. The van der Waals surface area contributed by atoms with Gasteiger partial charge in [0.15, 0.2) is 0 Å². The second kappa shape index (κ2) is 11.1. The van der Waals surface area contributed by atoms with Crippen molar-refractivity contribution in [2.75, 3.05) is 0 Å². The van der Waals surface area contributed by atoms with Crippen molar-refractivity contribution in [3.63, 3.8) is 0 Å². The number of hydrogen-bond acceptors (Lipinski definition) is 6. The fourth-order valence-corrected chi connectivity index (χ4v) is 2.31. The molecule has 6 N–H and O–H groups in total. The molecule has 0 spiro atoms. The van der Waals surface area contributed by atoms with E-state index in [4.69, 9.17) is 20.4 Å². The van der Waals surface area contributed by atoms with E-state index in [1.54, 1.807) is 0 Å². The summed E-state index contributed by atoms with van der Waals surface area (Å²) >= 11 is 0. The first-order chi connectivity index (χ1) is 14.0. The van der Waals surface area contributed by atoms with Crippen LogP contribution in [0.15, 0.2) is 24.3 Å². The Bertz CT molecular complexity index is 765. The molecule has 0 saturated carbocycles. The molecular weight excluding hydrogens is 404 g/mol. The Hall–Kier alpha value is -3.96. The van der Waals surface area contributed by atoms with E-state index < -0.39 is 60.6 Å². The van der Waals surface area contributed by atoms with Gasteiger partial charge in [-0.2, -0.15) is 0 Å². The third-order valence-corrected chi connectivity index (χ3v) is 3.91. The summed E-state index contributed by atoms with van der Waals surface area (Å²) in [6.07, 6.45) is -1.54. The quantitative estimate of drug-likeness (QED) is 0.260. The van der Waals surface area contributed by atoms with Crippen LogP contribution < -0.4 is 10.6 Å². The second-order valence-corrected chi connectivity index (χ2v) is 6.17. The van der Waals surface area contributed by atoms with Crippen molar-refractivity contribution in [1.29, 1.82) is 0 Å². The van der Waals surface area contributed by atoms with Gasteiger partial charge in [-0.05, 0) is 37.1 Å². The molecule has 0 saturated heterocycles. The van der Waals surface area contributed by atoms with Gasteiger partial charge in [-0.25, -0.2) is 9.59 Å². The number of carbonyl (C=O) groups is 6. The van der Waals surface area contributed by atoms with Crippen molar-refractivity contribution in [2.24, 2.45) is 0 Å². The lowest BCUT2D eigenvalue weighted by Gasteiger charge is -2.15. The molecule has 2 atom stereocenters. The van der Waals surface area contributed by atoms with E-state index in [9.17, 15) is 28.8 Å². The average molecular weight is 424 g/mol. The van der Waals surface area contributed by atoms with Crippen molar-refractivity contribution in [3.8, 4) is 0 Å². The summed E-state index contributed by atoms with van der Waals surface area (Å²) in [5, 5.41) is 39.7. The van der Waals surface area contributed by atoms with Gasteiger partial charge in [-0.15, -0.1) is 0 Å². The van der Waals surface area contributed by atoms with E-state index in [1.165, 1.54) is 24.3 Å². The summed E-state index contributed by atoms with van der Waals surface area (Å²) in [4.78, 5) is 67.7. The number of hydrogen-bond donors (Lipinski definition) is 6. The SMILES string of the molecule is O=C(O)CC[C@H](NC(=O)c1ccc(C(=O)N[C@@H](CCC(=O)O)C(=O)O)cc1)C(=O)O. The zero-order valence-electron chi connectivity index (χ0n) is 15.5. The Morgan fingerprint density at radius 3 is 1.17 bits per heavy atom. The number of aliphatic carboxylic acids is 4. The number of amides is 2. The van der Waals surface area contributed by atoms with Gasteiger partial charge < -0.3 is 31.1 Å². The first-order valence-electron chi connectivity index (χ1n) is 8.62. The highest BCUT2D eigenvalue weighted by Gasteiger charge is 2.23. The summed E-state index contributed by atoms with van der Waals surface area (Å²) in [5.74, 6) is -6.83. The summed E-state index contributed by atoms with van der Waals surface area (Å²) in [5.41, 5.74) is -0.0115. The van der Waals surface area contributed by atoms with Crippen LogP contribution in [0.5, 0.6) is 0 Å². The maximum absolute atomic E-state index is 12.1. The number of rotatable bonds is 12. The van der Waals surface area contributed by atoms with Crippen molar-refractivity contribution < 1.29 is 49.2 Å². The Kier molecular flexibility index (Phi) is 8.94. The van der Waals surface area contributed by atoms with Gasteiger partial charge in [0.1, 0.15) is 12.1 Å². The minimum atomic E-state index is -1.41. The monoisotopic (exact) mass is 424 g/mol. The highest BCUT2D eigenvalue weighted by molar-refractivity contribution is 6.00. The molecular formula is C18H20N2O10. The number of nitrogens with one attached hydrogen (secondary N) is 2. The van der Waals surface area contributed by atoms with Crippen LogP contribution in [0.4, 0.5) is 0 Å². The van der Waals surface area contributed by atoms with Gasteiger partial charge in [-0.1, -0.05) is 0 Å². The molecule has 162 valence electrons. The summed E-state index contributed by atoms with van der Waals surface area (Å²) in [6.45, 7) is 0. The van der Waals surface area contributed by atoms with Crippen LogP contribution in [-0.4, -0.2) is 68.2 Å². The molecule has 12 nitrogen and oxygen atoms in total. The zero-order valence-corrected chi connectivity index (χ0v) is 15.5. The lowest BCUT2D eigenvalue weighted by atomic mass is 10.1. The van der Waals surface area contributed by atoms with Crippen molar-refractivity contribution in [1.82, 2.24) is 10.6 Å². The van der Waals surface area contributed by atoms with Crippen LogP contribution in [-0.2, 0) is 19.2 Å². The number of carboxylic acid groups (broad SMARTS) is 4.